The highest BCUT2D eigenvalue weighted by molar-refractivity contribution is 5.98. The van der Waals surface area contributed by atoms with Crippen LogP contribution in [0.15, 0.2) is 115 Å². The Hall–Kier alpha value is -4.10. The number of benzene rings is 5. The molecule has 2 unspecified atom stereocenters. The lowest BCUT2D eigenvalue weighted by molar-refractivity contribution is 0.476. The van der Waals surface area contributed by atoms with E-state index in [4.69, 9.17) is 0 Å². The van der Waals surface area contributed by atoms with E-state index in [1.165, 1.54) is 44.5 Å². The van der Waals surface area contributed by atoms with Crippen LogP contribution in [0, 0.1) is 13.8 Å². The second-order valence-electron chi connectivity index (χ2n) is 10.1. The first-order chi connectivity index (χ1) is 17.6. The molecule has 1 aliphatic rings. The van der Waals surface area contributed by atoms with Crippen LogP contribution in [0.4, 0.5) is 0 Å². The molecule has 0 bridgehead atoms. The molecular weight excluding hydrogens is 436 g/mol. The molecule has 0 amide bonds. The van der Waals surface area contributed by atoms with Crippen LogP contribution in [0.1, 0.15) is 46.1 Å². The van der Waals surface area contributed by atoms with E-state index in [1.54, 1.807) is 6.07 Å². The Balaban J connectivity index is 1.55. The minimum absolute atomic E-state index is 0.267. The van der Waals surface area contributed by atoms with Gasteiger partial charge in [-0.3, -0.25) is 0 Å². The summed E-state index contributed by atoms with van der Waals surface area (Å²) in [6.45, 7) is 4.37. The fourth-order valence-corrected chi connectivity index (χ4v) is 5.80. The molecule has 1 aliphatic carbocycles. The standard InChI is InChI=1S/C35H30O/c1-23-12-14-25(15-13-23)28-19-33(35(20-28)31-11-7-6-8-24(31)2)29-18-27-16-17-30(36)22-34(27)32(21-29)26-9-4-3-5-10-26/h3-19,21-22,33,35-36H,20H2,1-2H3. The van der Waals surface area contributed by atoms with Crippen molar-refractivity contribution in [2.45, 2.75) is 32.1 Å². The van der Waals surface area contributed by atoms with Crippen molar-refractivity contribution in [3.8, 4) is 16.9 Å². The van der Waals surface area contributed by atoms with Crippen molar-refractivity contribution in [1.82, 2.24) is 0 Å². The van der Waals surface area contributed by atoms with Crippen LogP contribution in [-0.4, -0.2) is 5.11 Å². The van der Waals surface area contributed by atoms with Gasteiger partial charge in [0.05, 0.1) is 0 Å². The van der Waals surface area contributed by atoms with E-state index in [9.17, 15) is 5.11 Å². The van der Waals surface area contributed by atoms with Gasteiger partial charge < -0.3 is 5.11 Å². The van der Waals surface area contributed by atoms with E-state index in [-0.39, 0.29) is 5.92 Å². The van der Waals surface area contributed by atoms with Gasteiger partial charge in [-0.2, -0.15) is 0 Å². The summed E-state index contributed by atoms with van der Waals surface area (Å²) in [5.41, 5.74) is 10.4. The predicted octanol–water partition coefficient (Wildman–Crippen LogP) is 9.18. The van der Waals surface area contributed by atoms with Crippen molar-refractivity contribution in [1.29, 1.82) is 0 Å². The molecule has 176 valence electrons. The molecular formula is C35H30O. The number of hydrogen-bond acceptors (Lipinski definition) is 1. The van der Waals surface area contributed by atoms with Gasteiger partial charge in [-0.1, -0.05) is 103 Å². The number of phenolic OH excluding ortho intramolecular Hbond substituents is 1. The van der Waals surface area contributed by atoms with Crippen LogP contribution >= 0.6 is 0 Å². The van der Waals surface area contributed by atoms with Crippen molar-refractivity contribution in [3.63, 3.8) is 0 Å². The maximum absolute atomic E-state index is 10.3. The fraction of sp³-hybridized carbons (Fsp3) is 0.143. The zero-order valence-corrected chi connectivity index (χ0v) is 20.8. The first kappa shape index (κ1) is 22.4. The topological polar surface area (TPSA) is 20.2 Å². The number of allylic oxidation sites excluding steroid dienone is 2. The lowest BCUT2D eigenvalue weighted by atomic mass is 9.80. The monoisotopic (exact) mass is 466 g/mol. The van der Waals surface area contributed by atoms with E-state index < -0.39 is 0 Å². The average molecular weight is 467 g/mol. The first-order valence-electron chi connectivity index (χ1n) is 12.7. The summed E-state index contributed by atoms with van der Waals surface area (Å²) in [5, 5.41) is 12.5. The van der Waals surface area contributed by atoms with Gasteiger partial charge in [0.1, 0.15) is 5.75 Å². The molecule has 0 saturated carbocycles. The molecule has 0 radical (unpaired) electrons. The van der Waals surface area contributed by atoms with Crippen LogP contribution in [0.25, 0.3) is 27.5 Å². The third-order valence-corrected chi connectivity index (χ3v) is 7.69. The summed E-state index contributed by atoms with van der Waals surface area (Å²) < 4.78 is 0. The highest BCUT2D eigenvalue weighted by atomic mass is 16.3. The van der Waals surface area contributed by atoms with E-state index in [0.717, 1.165) is 17.2 Å². The van der Waals surface area contributed by atoms with Crippen molar-refractivity contribution in [2.75, 3.05) is 0 Å². The maximum Gasteiger partial charge on any atom is 0.116 e. The van der Waals surface area contributed by atoms with E-state index >= 15 is 0 Å². The molecule has 1 heteroatoms. The number of rotatable bonds is 4. The Kier molecular flexibility index (Phi) is 5.70. The van der Waals surface area contributed by atoms with Gasteiger partial charge >= 0.3 is 0 Å². The first-order valence-corrected chi connectivity index (χ1v) is 12.7. The molecule has 5 aromatic carbocycles. The van der Waals surface area contributed by atoms with Gasteiger partial charge in [0.2, 0.25) is 0 Å². The molecule has 36 heavy (non-hydrogen) atoms. The van der Waals surface area contributed by atoms with E-state index in [1.807, 2.05) is 12.1 Å². The third-order valence-electron chi connectivity index (χ3n) is 7.69. The maximum atomic E-state index is 10.3. The van der Waals surface area contributed by atoms with E-state index in [0.29, 0.717) is 11.7 Å². The largest absolute Gasteiger partial charge is 0.508 e. The summed E-state index contributed by atoms with van der Waals surface area (Å²) in [7, 11) is 0. The summed E-state index contributed by atoms with van der Waals surface area (Å²) in [6.07, 6.45) is 3.52. The molecule has 0 heterocycles. The molecule has 6 rings (SSSR count). The minimum atomic E-state index is 0.267. The molecule has 1 N–H and O–H groups in total. The van der Waals surface area contributed by atoms with Gasteiger partial charge in [0.25, 0.3) is 0 Å². The summed E-state index contributed by atoms with van der Waals surface area (Å²) in [4.78, 5) is 0. The molecule has 1 nitrogen and oxygen atoms in total. The third kappa shape index (κ3) is 4.12. The number of aromatic hydroxyl groups is 1. The Labute approximate surface area is 213 Å². The average Bonchev–Trinajstić information content (AvgIpc) is 3.34. The fourth-order valence-electron chi connectivity index (χ4n) is 5.80. The highest BCUT2D eigenvalue weighted by Crippen LogP contribution is 2.50. The smallest absolute Gasteiger partial charge is 0.116 e. The zero-order chi connectivity index (χ0) is 24.6. The van der Waals surface area contributed by atoms with Crippen molar-refractivity contribution >= 4 is 16.3 Å². The lowest BCUT2D eigenvalue weighted by Crippen LogP contribution is -2.07. The van der Waals surface area contributed by atoms with Crippen molar-refractivity contribution in [2.24, 2.45) is 0 Å². The van der Waals surface area contributed by atoms with Gasteiger partial charge in [-0.25, -0.2) is 0 Å². The summed E-state index contributed by atoms with van der Waals surface area (Å²) in [5.74, 6) is 0.941. The minimum Gasteiger partial charge on any atom is -0.508 e. The molecule has 0 saturated heterocycles. The molecule has 0 aliphatic heterocycles. The van der Waals surface area contributed by atoms with Crippen LogP contribution in [0.5, 0.6) is 5.75 Å². The number of phenols is 1. The zero-order valence-electron chi connectivity index (χ0n) is 20.8. The van der Waals surface area contributed by atoms with Crippen LogP contribution in [0.2, 0.25) is 0 Å². The molecule has 0 spiro atoms. The van der Waals surface area contributed by atoms with Crippen molar-refractivity contribution < 1.29 is 5.11 Å². The second-order valence-corrected chi connectivity index (χ2v) is 10.1. The van der Waals surface area contributed by atoms with E-state index in [2.05, 4.69) is 111 Å². The molecule has 2 atom stereocenters. The molecule has 0 fully saturated rings. The SMILES string of the molecule is Cc1ccc(C2=CC(c3cc(-c4ccccc4)c4cc(O)ccc4c3)C(c3ccccc3C)C2)cc1. The Bertz CT molecular complexity index is 1580. The van der Waals surface area contributed by atoms with Crippen LogP contribution in [0.3, 0.4) is 0 Å². The Morgan fingerprint density at radius 1 is 0.694 bits per heavy atom. The second kappa shape index (κ2) is 9.17. The highest BCUT2D eigenvalue weighted by Gasteiger charge is 2.32. The lowest BCUT2D eigenvalue weighted by Gasteiger charge is -2.23. The number of hydrogen-bond donors (Lipinski definition) is 1. The summed E-state index contributed by atoms with van der Waals surface area (Å²) in [6, 6.07) is 38.7. The summed E-state index contributed by atoms with van der Waals surface area (Å²) >= 11 is 0. The molecule has 0 aromatic heterocycles. The van der Waals surface area contributed by atoms with Gasteiger partial charge in [0.15, 0.2) is 0 Å². The molecule has 5 aromatic rings. The Morgan fingerprint density at radius 3 is 2.22 bits per heavy atom. The Morgan fingerprint density at radius 2 is 1.44 bits per heavy atom. The van der Waals surface area contributed by atoms with Crippen LogP contribution < -0.4 is 0 Å². The predicted molar refractivity (Wildman–Crippen MR) is 151 cm³/mol. The van der Waals surface area contributed by atoms with Gasteiger partial charge in [0, 0.05) is 5.92 Å². The van der Waals surface area contributed by atoms with Crippen LogP contribution in [-0.2, 0) is 0 Å². The normalized spacial score (nSPS) is 17.3. The van der Waals surface area contributed by atoms with Gasteiger partial charge in [-0.05, 0) is 94.1 Å². The van der Waals surface area contributed by atoms with Crippen molar-refractivity contribution in [3.05, 3.63) is 143 Å². The quantitative estimate of drug-likeness (QED) is 0.280. The van der Waals surface area contributed by atoms with Gasteiger partial charge in [-0.15, -0.1) is 0 Å². The number of fused-ring (bicyclic) bond motifs is 1. The number of aryl methyl sites for hydroxylation is 2.